The molecule has 728 valence electrons. The largest absolute Gasteiger partial charge is 0.444 e. The van der Waals surface area contributed by atoms with Gasteiger partial charge in [-0.05, 0) is 142 Å². The van der Waals surface area contributed by atoms with Crippen LogP contribution in [0.5, 0.6) is 0 Å². The monoisotopic (exact) mass is 1900 g/mol. The molecule has 11 aromatic heterocycles. The number of anilines is 5. The van der Waals surface area contributed by atoms with E-state index in [2.05, 4.69) is 214 Å². The second-order valence-corrected chi connectivity index (χ2v) is 37.9. The molecule has 5 aromatic carbocycles. The van der Waals surface area contributed by atoms with E-state index < -0.39 is 11.5 Å². The fourth-order valence-corrected chi connectivity index (χ4v) is 17.9. The molecule has 41 nitrogen and oxygen atoms in total. The number of benzene rings is 5. The number of hydrogen-bond donors (Lipinski definition) is 12. The van der Waals surface area contributed by atoms with Gasteiger partial charge in [-0.3, -0.25) is 59.1 Å². The van der Waals surface area contributed by atoms with Crippen LogP contribution in [0.4, 0.5) is 33.5 Å². The molecule has 0 aliphatic carbocycles. The molecule has 6 saturated heterocycles. The Labute approximate surface area is 805 Å². The fourth-order valence-electron chi connectivity index (χ4n) is 17.9. The molecule has 0 radical (unpaired) electrons. The molecule has 0 saturated carbocycles. The maximum atomic E-state index is 13.1. The third kappa shape index (κ3) is 22.8. The Morgan fingerprint density at radius 2 is 0.829 bits per heavy atom. The highest BCUT2D eigenvalue weighted by atomic mass is 16.6. The van der Waals surface area contributed by atoms with Crippen LogP contribution in [0.3, 0.4) is 0 Å². The summed E-state index contributed by atoms with van der Waals surface area (Å²) < 4.78 is 34.2. The van der Waals surface area contributed by atoms with Gasteiger partial charge < -0.3 is 79.2 Å². The van der Waals surface area contributed by atoms with Crippen molar-refractivity contribution in [1.29, 1.82) is 0 Å². The summed E-state index contributed by atoms with van der Waals surface area (Å²) in [5.41, 5.74) is 19.6. The van der Waals surface area contributed by atoms with Crippen LogP contribution in [-0.2, 0) is 67.1 Å². The highest BCUT2D eigenvalue weighted by Gasteiger charge is 2.33. The van der Waals surface area contributed by atoms with Gasteiger partial charge in [0.2, 0.25) is 17.6 Å². The maximum Gasteiger partial charge on any atom is 0.410 e. The molecule has 12 N–H and O–H groups in total. The van der Waals surface area contributed by atoms with Gasteiger partial charge in [0.25, 0.3) is 11.8 Å². The average molecular weight is 1900 g/mol. The molecule has 0 unspecified atom stereocenters. The van der Waals surface area contributed by atoms with Crippen molar-refractivity contribution in [2.75, 3.05) is 158 Å². The summed E-state index contributed by atoms with van der Waals surface area (Å²) in [6.45, 7) is 36.3. The molecule has 17 heterocycles. The number of carbonyl (C=O) groups is 4. The molecule has 4 amide bonds. The van der Waals surface area contributed by atoms with Gasteiger partial charge in [-0.25, -0.2) is 34.7 Å². The van der Waals surface area contributed by atoms with Crippen molar-refractivity contribution in [2.45, 2.75) is 104 Å². The lowest BCUT2D eigenvalue weighted by molar-refractivity contribution is -0.120. The summed E-state index contributed by atoms with van der Waals surface area (Å²) in [5, 5.41) is 50.0. The van der Waals surface area contributed by atoms with E-state index in [0.29, 0.717) is 87.3 Å². The topological polar surface area (TPSA) is 481 Å². The highest BCUT2D eigenvalue weighted by molar-refractivity contribution is 6.11. The lowest BCUT2D eigenvalue weighted by Crippen LogP contribution is -2.42. The summed E-state index contributed by atoms with van der Waals surface area (Å²) in [6, 6.07) is 36.0. The van der Waals surface area contributed by atoms with Crippen molar-refractivity contribution >= 4 is 108 Å². The number of nitrogens with one attached hydrogen (secondary N) is 12. The average Bonchev–Trinajstić information content (AvgIpc) is 1.63. The second-order valence-electron chi connectivity index (χ2n) is 37.9. The van der Waals surface area contributed by atoms with Crippen LogP contribution < -0.4 is 26.2 Å². The number of hydrogen-bond acceptors (Lipinski definition) is 28. The quantitative estimate of drug-likeness (QED) is 0.0300. The van der Waals surface area contributed by atoms with Gasteiger partial charge in [-0.2, -0.15) is 25.5 Å². The molecular formula is C99H117N31O10. The van der Waals surface area contributed by atoms with Crippen LogP contribution in [0.25, 0.3) is 101 Å². The van der Waals surface area contributed by atoms with E-state index in [-0.39, 0.29) is 40.9 Å². The van der Waals surface area contributed by atoms with E-state index in [1.807, 2.05) is 57.2 Å². The first kappa shape index (κ1) is 94.3. The predicted molar refractivity (Wildman–Crippen MR) is 530 cm³/mol. The van der Waals surface area contributed by atoms with Gasteiger partial charge in [-0.1, -0.05) is 68.9 Å². The van der Waals surface area contributed by atoms with Crippen LogP contribution in [-0.4, -0.2) is 291 Å². The Hall–Kier alpha value is -14.7. The molecule has 6 aliphatic heterocycles. The van der Waals surface area contributed by atoms with Crippen molar-refractivity contribution < 1.29 is 47.4 Å². The number of fused-ring (bicyclic) bond motifs is 5. The summed E-state index contributed by atoms with van der Waals surface area (Å²) >= 11 is 0. The Balaban J connectivity index is 0.000000119. The first-order valence-electron chi connectivity index (χ1n) is 47.6. The Morgan fingerprint density at radius 3 is 1.23 bits per heavy atom. The van der Waals surface area contributed by atoms with Crippen molar-refractivity contribution in [3.05, 3.63) is 198 Å². The number of carbonyl (C=O) groups excluding carboxylic acids is 4. The number of aromatic nitrogens is 21. The second kappa shape index (κ2) is 42.3. The zero-order valence-electron chi connectivity index (χ0n) is 79.6. The van der Waals surface area contributed by atoms with Crippen molar-refractivity contribution in [3.8, 4) is 46.1 Å². The zero-order valence-corrected chi connectivity index (χ0v) is 79.6. The number of likely N-dealkylation sites (tertiary alicyclic amines) is 1. The number of ether oxygens (including phenoxy) is 5. The number of piperidine rings is 2. The normalized spacial score (nSPS) is 16.4. The number of imidazole rings is 4. The molecular weight excluding hydrogens is 1780 g/mol. The Kier molecular flexibility index (Phi) is 28.5. The number of morpholine rings is 4. The maximum absolute atomic E-state index is 13.1. The Bertz CT molecular complexity index is 6980. The summed E-state index contributed by atoms with van der Waals surface area (Å²) in [4.78, 5) is 106. The molecule has 0 spiro atoms. The van der Waals surface area contributed by atoms with Crippen molar-refractivity contribution in [3.63, 3.8) is 0 Å². The molecule has 6 fully saturated rings. The minimum atomic E-state index is -0.488. The number of rotatable bonds is 22. The summed E-state index contributed by atoms with van der Waals surface area (Å²) in [6.07, 6.45) is 12.9. The number of aryl methyl sites for hydroxylation is 1. The molecule has 6 aliphatic rings. The van der Waals surface area contributed by atoms with Gasteiger partial charge >= 0.3 is 6.09 Å². The van der Waals surface area contributed by atoms with Gasteiger partial charge in [0.05, 0.1) is 156 Å². The van der Waals surface area contributed by atoms with E-state index in [1.165, 1.54) is 22.3 Å². The third-order valence-corrected chi connectivity index (χ3v) is 25.6. The van der Waals surface area contributed by atoms with E-state index in [4.69, 9.17) is 43.2 Å². The van der Waals surface area contributed by atoms with E-state index in [1.54, 1.807) is 72.0 Å². The summed E-state index contributed by atoms with van der Waals surface area (Å²) in [7, 11) is 1.77. The number of nitrogens with zero attached hydrogens (tertiary/aromatic N) is 19. The minimum Gasteiger partial charge on any atom is -0.444 e. The molecule has 0 atom stereocenters. The minimum absolute atomic E-state index is 0.00446. The van der Waals surface area contributed by atoms with E-state index >= 15 is 0 Å². The van der Waals surface area contributed by atoms with E-state index in [0.717, 1.165) is 243 Å². The third-order valence-electron chi connectivity index (χ3n) is 25.6. The number of aromatic amines is 8. The molecule has 0 bridgehead atoms. The molecule has 22 rings (SSSR count). The van der Waals surface area contributed by atoms with Gasteiger partial charge in [0.15, 0.2) is 23.3 Å². The lowest BCUT2D eigenvalue weighted by atomic mass is 9.92. The molecule has 16 aromatic rings. The first-order chi connectivity index (χ1) is 68.0. The first-order valence-corrected chi connectivity index (χ1v) is 47.6. The van der Waals surface area contributed by atoms with Crippen LogP contribution >= 0.6 is 0 Å². The highest BCUT2D eigenvalue weighted by Crippen LogP contribution is 2.36. The molecule has 140 heavy (non-hydrogen) atoms. The summed E-state index contributed by atoms with van der Waals surface area (Å²) in [5.74, 6) is 2.95. The predicted octanol–water partition coefficient (Wildman–Crippen LogP) is 13.0. The number of amides is 4. The fraction of sp³-hybridized carbons (Fsp3) is 0.394. The zero-order chi connectivity index (χ0) is 96.4. The number of allylic oxidation sites excluding steroid dienone is 1. The molecule has 41 heteroatoms. The Morgan fingerprint density at radius 1 is 0.443 bits per heavy atom. The van der Waals surface area contributed by atoms with E-state index in [9.17, 15) is 19.2 Å². The lowest BCUT2D eigenvalue weighted by Gasteiger charge is -2.34. The standard InChI is InChI=1S/C27H37N7O3.C25H29N9O2.C24H30N8O2.C23H21N7O3/c1-18(20-7-9-34(10-8-20)26(35)37-27(2,3)4)29-23-16-28-32-24(23)25-30-21-6-5-19(15-22(21)31-25)17-33-11-13-36-14-12-33;35-24(18-4-8-34(9-5-18)25-26-6-1-7-27-25)31-21-15-28-32-22(21)23-29-19-3-2-17(14-20(19)30-23)16-33-10-12-36-13-11-33;1-24(2,3)20-12-19(31(4)30-20)23(33)28-18-13-25-29-21(18)22-26-16-6-5-15(11-17(16)27-22)14-32-7-9-34-10-8-32;31-23(21-15-3-1-2-4-16(15)29-33-21)27-19-12-24-28-20(19)22-25-17-6-5-14(11-18(17)26-22)13-30-7-9-32-10-8-30/h5-6,15-16,20,29H,1,7-14,17H2,2-4H3,(H,28,32)(H,30,31);1-3,6-7,14-15,18H,4-5,8-13,16H2,(H,28,32)(H,29,30)(H,31,35);5-6,11-13H,7-10,14H2,1-4H3,(H,25,29)(H,26,27)(H,28,33);1-6,11-12H,7-10,13H2,(H,24,28)(H,25,26)(H,27,31). The SMILES string of the molecule is C=C(Nc1cn[nH]c1-c1nc2ccc(CN3CCOCC3)cc2[nH]1)C1CCN(C(=O)OC(C)(C)C)CC1.Cn1nc(C(C)(C)C)cc1C(=O)Nc1cn[nH]c1-c1nc2ccc(CN3CCOCC3)cc2[nH]1.O=C(Nc1cn[nH]c1-c1nc2ccc(CN3CCOCC3)cc2[nH]1)C1CCN(c2ncccn2)CC1.O=C(Nc1cn[nH]c1-c1nc2ccc(CN3CCOCC3)cc2[nH]1)c1onc2ccccc12. The van der Waals surface area contributed by atoms with Crippen LogP contribution in [0.1, 0.15) is 116 Å². The van der Waals surface area contributed by atoms with Crippen molar-refractivity contribution in [1.82, 2.24) is 130 Å². The van der Waals surface area contributed by atoms with Crippen LogP contribution in [0, 0.1) is 11.8 Å². The van der Waals surface area contributed by atoms with Gasteiger partial charge in [-0.15, -0.1) is 0 Å². The van der Waals surface area contributed by atoms with Gasteiger partial charge in [0.1, 0.15) is 39.6 Å². The smallest absolute Gasteiger partial charge is 0.410 e. The van der Waals surface area contributed by atoms with Crippen LogP contribution in [0.2, 0.25) is 0 Å². The van der Waals surface area contributed by atoms with Gasteiger partial charge in [0, 0.05) is 147 Å². The van der Waals surface area contributed by atoms with Crippen molar-refractivity contribution in [2.24, 2.45) is 18.9 Å². The van der Waals surface area contributed by atoms with Crippen LogP contribution in [0.15, 0.2) is 163 Å². The number of H-pyrrole nitrogens is 8.